The summed E-state index contributed by atoms with van der Waals surface area (Å²) in [6.07, 6.45) is 6.22. The molecule has 0 saturated carbocycles. The van der Waals surface area contributed by atoms with Crippen LogP contribution in [-0.4, -0.2) is 34.0 Å². The molecule has 0 bridgehead atoms. The average Bonchev–Trinajstić information content (AvgIpc) is 2.90. The summed E-state index contributed by atoms with van der Waals surface area (Å²) in [6, 6.07) is 3.64. The molecule has 0 spiro atoms. The lowest BCUT2D eigenvalue weighted by Gasteiger charge is -2.17. The van der Waals surface area contributed by atoms with Gasteiger partial charge < -0.3 is 14.8 Å². The van der Waals surface area contributed by atoms with E-state index in [9.17, 15) is 4.79 Å². The Bertz CT molecular complexity index is 590. The van der Waals surface area contributed by atoms with Gasteiger partial charge in [-0.1, -0.05) is 6.92 Å². The molecule has 0 aliphatic rings. The van der Waals surface area contributed by atoms with Gasteiger partial charge in [0.25, 0.3) is 5.91 Å². The molecule has 2 aromatic rings. The minimum atomic E-state index is -0.0809. The second-order valence-electron chi connectivity index (χ2n) is 4.97. The fourth-order valence-corrected chi connectivity index (χ4v) is 1.93. The van der Waals surface area contributed by atoms with Crippen molar-refractivity contribution in [3.8, 4) is 0 Å². The van der Waals surface area contributed by atoms with E-state index in [1.807, 2.05) is 42.7 Å². The number of nitrogens with one attached hydrogen (secondary N) is 1. The zero-order valence-corrected chi connectivity index (χ0v) is 12.7. The summed E-state index contributed by atoms with van der Waals surface area (Å²) in [6.45, 7) is 3.37. The summed E-state index contributed by atoms with van der Waals surface area (Å²) in [5.74, 6) is 1.69. The Morgan fingerprint density at radius 1 is 1.38 bits per heavy atom. The Morgan fingerprint density at radius 2 is 2.19 bits per heavy atom. The third-order valence-electron chi connectivity index (χ3n) is 3.24. The van der Waals surface area contributed by atoms with E-state index in [2.05, 4.69) is 15.3 Å². The highest BCUT2D eigenvalue weighted by atomic mass is 16.1. The number of pyridine rings is 1. The van der Waals surface area contributed by atoms with Crippen LogP contribution in [0.25, 0.3) is 0 Å². The minimum Gasteiger partial charge on any atom is -0.352 e. The first-order chi connectivity index (χ1) is 10.1. The number of hydrogen-bond donors (Lipinski definition) is 1. The molecule has 0 aromatic carbocycles. The molecule has 0 radical (unpaired) electrons. The first-order valence-corrected chi connectivity index (χ1v) is 7.03. The monoisotopic (exact) mass is 287 g/mol. The molecular weight excluding hydrogens is 266 g/mol. The van der Waals surface area contributed by atoms with Crippen LogP contribution in [0.4, 0.5) is 5.82 Å². The van der Waals surface area contributed by atoms with Crippen LogP contribution in [0.5, 0.6) is 0 Å². The lowest BCUT2D eigenvalue weighted by atomic mass is 10.2. The highest BCUT2D eigenvalue weighted by molar-refractivity contribution is 5.94. The van der Waals surface area contributed by atoms with Crippen molar-refractivity contribution in [1.82, 2.24) is 19.9 Å². The number of imidazole rings is 1. The lowest BCUT2D eigenvalue weighted by molar-refractivity contribution is 0.0953. The van der Waals surface area contributed by atoms with Crippen LogP contribution in [-0.2, 0) is 13.6 Å². The molecule has 1 amide bonds. The van der Waals surface area contributed by atoms with E-state index in [-0.39, 0.29) is 5.91 Å². The number of carbonyl (C=O) groups excluding carboxylic acids is 1. The van der Waals surface area contributed by atoms with E-state index < -0.39 is 0 Å². The number of anilines is 1. The van der Waals surface area contributed by atoms with Crippen molar-refractivity contribution in [1.29, 1.82) is 0 Å². The number of rotatable bonds is 6. The topological polar surface area (TPSA) is 63.1 Å². The quantitative estimate of drug-likeness (QED) is 0.876. The molecule has 21 heavy (non-hydrogen) atoms. The molecule has 0 aliphatic heterocycles. The van der Waals surface area contributed by atoms with Crippen molar-refractivity contribution >= 4 is 11.7 Å². The van der Waals surface area contributed by atoms with Crippen molar-refractivity contribution in [3.63, 3.8) is 0 Å². The number of aromatic nitrogens is 3. The number of carbonyl (C=O) groups is 1. The van der Waals surface area contributed by atoms with Gasteiger partial charge >= 0.3 is 0 Å². The Morgan fingerprint density at radius 3 is 2.76 bits per heavy atom. The molecule has 6 heteroatoms. The minimum absolute atomic E-state index is 0.0809. The number of hydrogen-bond acceptors (Lipinski definition) is 4. The van der Waals surface area contributed by atoms with Gasteiger partial charge in [0.05, 0.1) is 12.1 Å². The first kappa shape index (κ1) is 15.0. The molecule has 2 heterocycles. The van der Waals surface area contributed by atoms with Crippen LogP contribution in [0.3, 0.4) is 0 Å². The molecule has 0 atom stereocenters. The molecule has 2 aromatic heterocycles. The van der Waals surface area contributed by atoms with Crippen LogP contribution in [0.1, 0.15) is 29.5 Å². The van der Waals surface area contributed by atoms with Crippen molar-refractivity contribution in [3.05, 3.63) is 42.1 Å². The van der Waals surface area contributed by atoms with Gasteiger partial charge in [-0.25, -0.2) is 9.97 Å². The maximum Gasteiger partial charge on any atom is 0.252 e. The number of nitrogens with zero attached hydrogens (tertiary/aromatic N) is 4. The Balaban J connectivity index is 2.01. The molecule has 0 saturated heterocycles. The van der Waals surface area contributed by atoms with Gasteiger partial charge in [0.15, 0.2) is 0 Å². The zero-order valence-electron chi connectivity index (χ0n) is 12.7. The van der Waals surface area contributed by atoms with Gasteiger partial charge in [-0.3, -0.25) is 4.79 Å². The summed E-state index contributed by atoms with van der Waals surface area (Å²) in [4.78, 5) is 22.4. The van der Waals surface area contributed by atoms with Gasteiger partial charge in [-0.15, -0.1) is 0 Å². The Hall–Kier alpha value is -2.37. The number of aryl methyl sites for hydroxylation is 1. The third-order valence-corrected chi connectivity index (χ3v) is 3.24. The largest absolute Gasteiger partial charge is 0.352 e. The van der Waals surface area contributed by atoms with Crippen molar-refractivity contribution < 1.29 is 4.79 Å². The van der Waals surface area contributed by atoms with E-state index in [1.54, 1.807) is 18.5 Å². The lowest BCUT2D eigenvalue weighted by Crippen LogP contribution is -2.24. The molecule has 1 N–H and O–H groups in total. The molecule has 0 fully saturated rings. The highest BCUT2D eigenvalue weighted by Gasteiger charge is 2.09. The molecule has 6 nitrogen and oxygen atoms in total. The summed E-state index contributed by atoms with van der Waals surface area (Å²) < 4.78 is 1.98. The predicted octanol–water partition coefficient (Wildman–Crippen LogP) is 1.59. The van der Waals surface area contributed by atoms with Crippen LogP contribution < -0.4 is 10.2 Å². The first-order valence-electron chi connectivity index (χ1n) is 7.03. The summed E-state index contributed by atoms with van der Waals surface area (Å²) in [5.41, 5.74) is 0.581. The second kappa shape index (κ2) is 6.88. The van der Waals surface area contributed by atoms with Crippen molar-refractivity contribution in [2.24, 2.45) is 7.05 Å². The van der Waals surface area contributed by atoms with E-state index in [0.29, 0.717) is 18.7 Å². The maximum absolute atomic E-state index is 11.8. The Kier molecular flexibility index (Phi) is 4.92. The van der Waals surface area contributed by atoms with E-state index >= 15 is 0 Å². The van der Waals surface area contributed by atoms with Crippen LogP contribution in [0.15, 0.2) is 30.7 Å². The van der Waals surface area contributed by atoms with Crippen molar-refractivity contribution in [2.75, 3.05) is 18.5 Å². The average molecular weight is 287 g/mol. The Labute approximate surface area is 124 Å². The van der Waals surface area contributed by atoms with Gasteiger partial charge in [0, 0.05) is 39.2 Å². The van der Waals surface area contributed by atoms with Crippen LogP contribution >= 0.6 is 0 Å². The van der Waals surface area contributed by atoms with E-state index in [0.717, 1.165) is 18.1 Å². The van der Waals surface area contributed by atoms with Gasteiger partial charge in [-0.05, 0) is 18.6 Å². The molecule has 0 unspecified atom stereocenters. The van der Waals surface area contributed by atoms with Crippen LogP contribution in [0.2, 0.25) is 0 Å². The molecule has 112 valence electrons. The maximum atomic E-state index is 11.8. The molecule has 0 aliphatic carbocycles. The van der Waals surface area contributed by atoms with E-state index in [1.165, 1.54) is 0 Å². The third kappa shape index (κ3) is 3.81. The van der Waals surface area contributed by atoms with Gasteiger partial charge in [0.1, 0.15) is 11.6 Å². The van der Waals surface area contributed by atoms with Crippen molar-refractivity contribution in [2.45, 2.75) is 19.9 Å². The summed E-state index contributed by atoms with van der Waals surface area (Å²) in [7, 11) is 3.92. The smallest absolute Gasteiger partial charge is 0.252 e. The summed E-state index contributed by atoms with van der Waals surface area (Å²) >= 11 is 0. The molecule has 2 rings (SSSR count). The second-order valence-corrected chi connectivity index (χ2v) is 4.97. The highest BCUT2D eigenvalue weighted by Crippen LogP contribution is 2.12. The zero-order chi connectivity index (χ0) is 15.2. The van der Waals surface area contributed by atoms with Gasteiger partial charge in [0.2, 0.25) is 0 Å². The van der Waals surface area contributed by atoms with Crippen LogP contribution in [0, 0.1) is 0 Å². The molecular formula is C15H21N5O. The fraction of sp³-hybridized carbons (Fsp3) is 0.400. The predicted molar refractivity (Wildman–Crippen MR) is 82.2 cm³/mol. The standard InChI is InChI=1S/C15H21N5O/c1-4-7-17-15(21)12-5-6-13(18-10-12)20(3)11-14-16-8-9-19(14)2/h5-6,8-10H,4,7,11H2,1-3H3,(H,17,21). The SMILES string of the molecule is CCCNC(=O)c1ccc(N(C)Cc2nccn2C)nc1. The van der Waals surface area contributed by atoms with Gasteiger partial charge in [-0.2, -0.15) is 0 Å². The normalized spacial score (nSPS) is 10.4. The fourth-order valence-electron chi connectivity index (χ4n) is 1.93. The van der Waals surface area contributed by atoms with E-state index in [4.69, 9.17) is 0 Å². The number of amides is 1. The summed E-state index contributed by atoms with van der Waals surface area (Å²) in [5, 5.41) is 2.84.